The first-order chi connectivity index (χ1) is 17.1. The number of benzene rings is 2. The van der Waals surface area contributed by atoms with Crippen molar-refractivity contribution in [3.05, 3.63) is 94.4 Å². The van der Waals surface area contributed by atoms with Crippen molar-refractivity contribution in [3.8, 4) is 5.75 Å². The molecule has 7 heteroatoms. The molecule has 2 aromatic heterocycles. The molecule has 0 bridgehead atoms. The molecule has 1 fully saturated rings. The number of aromatic amines is 1. The number of ether oxygens (including phenoxy) is 2. The molecule has 180 valence electrons. The summed E-state index contributed by atoms with van der Waals surface area (Å²) in [5, 5.41) is 1.59. The number of hydrogen-bond acceptors (Lipinski definition) is 4. The fraction of sp³-hybridized carbons (Fsp3) is 0.286. The number of carbonyl (C=O) groups is 1. The van der Waals surface area contributed by atoms with Crippen LogP contribution in [0.4, 0.5) is 0 Å². The SMILES string of the molecule is Cc1c(C(=O)N(Cc2cccc(OC[C@H]3CCOC3)c2)Cc2ccccn2)[nH]c2ccc(Cl)cc12. The number of nitrogens with one attached hydrogen (secondary N) is 1. The molecule has 1 saturated heterocycles. The molecule has 1 aliphatic rings. The largest absolute Gasteiger partial charge is 0.493 e. The number of nitrogens with zero attached hydrogens (tertiary/aromatic N) is 2. The first-order valence-corrected chi connectivity index (χ1v) is 12.2. The molecule has 1 N–H and O–H groups in total. The Bertz CT molecular complexity index is 1320. The molecule has 1 aliphatic heterocycles. The summed E-state index contributed by atoms with van der Waals surface area (Å²) in [5.41, 5.74) is 4.15. The highest BCUT2D eigenvalue weighted by Crippen LogP contribution is 2.27. The van der Waals surface area contributed by atoms with Crippen molar-refractivity contribution in [1.82, 2.24) is 14.9 Å². The maximum atomic E-state index is 13.8. The van der Waals surface area contributed by atoms with E-state index in [9.17, 15) is 4.79 Å². The topological polar surface area (TPSA) is 67.5 Å². The Hall–Kier alpha value is -3.35. The molecule has 0 unspecified atom stereocenters. The number of amides is 1. The van der Waals surface area contributed by atoms with Crippen molar-refractivity contribution in [3.63, 3.8) is 0 Å². The Kier molecular flexibility index (Phi) is 7.02. The van der Waals surface area contributed by atoms with Gasteiger partial charge in [0.1, 0.15) is 11.4 Å². The van der Waals surface area contributed by atoms with Gasteiger partial charge in [-0.3, -0.25) is 9.78 Å². The van der Waals surface area contributed by atoms with Crippen molar-refractivity contribution in [2.24, 2.45) is 5.92 Å². The van der Waals surface area contributed by atoms with E-state index in [2.05, 4.69) is 9.97 Å². The third kappa shape index (κ3) is 5.50. The number of aromatic nitrogens is 2. The van der Waals surface area contributed by atoms with Gasteiger partial charge in [-0.2, -0.15) is 0 Å². The van der Waals surface area contributed by atoms with Gasteiger partial charge < -0.3 is 19.4 Å². The van der Waals surface area contributed by atoms with Gasteiger partial charge in [0.25, 0.3) is 5.91 Å². The Balaban J connectivity index is 1.40. The van der Waals surface area contributed by atoms with Gasteiger partial charge in [-0.1, -0.05) is 29.8 Å². The van der Waals surface area contributed by atoms with Gasteiger partial charge >= 0.3 is 0 Å². The molecular formula is C28H28ClN3O3. The Morgan fingerprint density at radius 2 is 2.09 bits per heavy atom. The van der Waals surface area contributed by atoms with Crippen molar-refractivity contribution in [2.75, 3.05) is 19.8 Å². The van der Waals surface area contributed by atoms with Crippen LogP contribution < -0.4 is 4.74 Å². The molecule has 3 heterocycles. The number of fused-ring (bicyclic) bond motifs is 1. The van der Waals surface area contributed by atoms with E-state index < -0.39 is 0 Å². The first kappa shape index (κ1) is 23.4. The lowest BCUT2D eigenvalue weighted by atomic mass is 10.1. The van der Waals surface area contributed by atoms with Crippen LogP contribution in [0.15, 0.2) is 66.9 Å². The first-order valence-electron chi connectivity index (χ1n) is 11.8. The van der Waals surface area contributed by atoms with Crippen LogP contribution in [-0.4, -0.2) is 40.6 Å². The predicted molar refractivity (Wildman–Crippen MR) is 137 cm³/mol. The van der Waals surface area contributed by atoms with Crippen LogP contribution in [0.1, 0.15) is 33.7 Å². The lowest BCUT2D eigenvalue weighted by molar-refractivity contribution is 0.0722. The number of hydrogen-bond donors (Lipinski definition) is 1. The van der Waals surface area contributed by atoms with Crippen molar-refractivity contribution in [2.45, 2.75) is 26.4 Å². The lowest BCUT2D eigenvalue weighted by Crippen LogP contribution is -2.31. The Morgan fingerprint density at radius 3 is 2.89 bits per heavy atom. The van der Waals surface area contributed by atoms with E-state index in [-0.39, 0.29) is 5.91 Å². The van der Waals surface area contributed by atoms with Gasteiger partial charge in [0.15, 0.2) is 0 Å². The number of aryl methyl sites for hydroxylation is 1. The zero-order valence-corrected chi connectivity index (χ0v) is 20.4. The number of halogens is 1. The summed E-state index contributed by atoms with van der Waals surface area (Å²) in [6.45, 7) is 4.95. The molecule has 0 aliphatic carbocycles. The molecule has 2 aromatic carbocycles. The van der Waals surface area contributed by atoms with Crippen LogP contribution in [-0.2, 0) is 17.8 Å². The minimum Gasteiger partial charge on any atom is -0.493 e. The third-order valence-electron chi connectivity index (χ3n) is 6.38. The summed E-state index contributed by atoms with van der Waals surface area (Å²) in [4.78, 5) is 23.4. The number of rotatable bonds is 8. The van der Waals surface area contributed by atoms with Gasteiger partial charge in [0, 0.05) is 41.2 Å². The molecule has 5 rings (SSSR count). The van der Waals surface area contributed by atoms with Gasteiger partial charge in [-0.05, 0) is 66.9 Å². The van der Waals surface area contributed by atoms with Crippen LogP contribution >= 0.6 is 11.6 Å². The maximum absolute atomic E-state index is 13.8. The van der Waals surface area contributed by atoms with Crippen LogP contribution in [0.5, 0.6) is 5.75 Å². The van der Waals surface area contributed by atoms with E-state index >= 15 is 0 Å². The van der Waals surface area contributed by atoms with Gasteiger partial charge in [-0.15, -0.1) is 0 Å². The zero-order valence-electron chi connectivity index (χ0n) is 19.7. The Labute approximate surface area is 209 Å². The number of H-pyrrole nitrogens is 1. The standard InChI is InChI=1S/C28H28ClN3O3/c1-19-25-14-22(29)8-9-26(25)31-27(19)28(33)32(16-23-6-2-3-11-30-23)15-20-5-4-7-24(13-20)35-18-21-10-12-34-17-21/h2-9,11,13-14,21,31H,10,12,15-18H2,1H3/t21-/m0/s1. The van der Waals surface area contributed by atoms with E-state index in [0.29, 0.717) is 36.3 Å². The zero-order chi connectivity index (χ0) is 24.2. The van der Waals surface area contributed by atoms with E-state index in [1.54, 1.807) is 6.20 Å². The lowest BCUT2D eigenvalue weighted by Gasteiger charge is -2.23. The molecule has 4 aromatic rings. The Morgan fingerprint density at radius 1 is 1.17 bits per heavy atom. The highest BCUT2D eigenvalue weighted by Gasteiger charge is 2.23. The highest BCUT2D eigenvalue weighted by molar-refractivity contribution is 6.31. The summed E-state index contributed by atoms with van der Waals surface area (Å²) in [7, 11) is 0. The average Bonchev–Trinajstić information content (AvgIpc) is 3.51. The molecule has 6 nitrogen and oxygen atoms in total. The smallest absolute Gasteiger partial charge is 0.271 e. The van der Waals surface area contributed by atoms with Gasteiger partial charge in [0.2, 0.25) is 0 Å². The van der Waals surface area contributed by atoms with Crippen molar-refractivity contribution >= 4 is 28.4 Å². The fourth-order valence-electron chi connectivity index (χ4n) is 4.44. The van der Waals surface area contributed by atoms with Crippen LogP contribution in [0.25, 0.3) is 10.9 Å². The van der Waals surface area contributed by atoms with Crippen LogP contribution in [0, 0.1) is 12.8 Å². The summed E-state index contributed by atoms with van der Waals surface area (Å²) in [5.74, 6) is 1.14. The van der Waals surface area contributed by atoms with E-state index in [0.717, 1.165) is 53.1 Å². The van der Waals surface area contributed by atoms with Crippen molar-refractivity contribution in [1.29, 1.82) is 0 Å². The normalized spacial score (nSPS) is 15.4. The monoisotopic (exact) mass is 489 g/mol. The molecule has 0 radical (unpaired) electrons. The second kappa shape index (κ2) is 10.5. The molecule has 0 spiro atoms. The summed E-state index contributed by atoms with van der Waals surface area (Å²) >= 11 is 6.20. The number of carbonyl (C=O) groups excluding carboxylic acids is 1. The summed E-state index contributed by atoms with van der Waals surface area (Å²) in [6.07, 6.45) is 2.77. The molecule has 0 saturated carbocycles. The van der Waals surface area contributed by atoms with E-state index in [4.69, 9.17) is 21.1 Å². The molecular weight excluding hydrogens is 462 g/mol. The quantitative estimate of drug-likeness (QED) is 0.340. The second-order valence-electron chi connectivity index (χ2n) is 8.99. The van der Waals surface area contributed by atoms with Crippen LogP contribution in [0.2, 0.25) is 5.02 Å². The maximum Gasteiger partial charge on any atom is 0.271 e. The fourth-order valence-corrected chi connectivity index (χ4v) is 4.61. The summed E-state index contributed by atoms with van der Waals surface area (Å²) < 4.78 is 11.5. The minimum atomic E-state index is -0.0881. The molecule has 35 heavy (non-hydrogen) atoms. The molecule has 1 amide bonds. The van der Waals surface area contributed by atoms with Crippen LogP contribution in [0.3, 0.4) is 0 Å². The highest BCUT2D eigenvalue weighted by atomic mass is 35.5. The third-order valence-corrected chi connectivity index (χ3v) is 6.62. The predicted octanol–water partition coefficient (Wildman–Crippen LogP) is 5.78. The van der Waals surface area contributed by atoms with E-state index in [1.165, 1.54) is 0 Å². The van der Waals surface area contributed by atoms with Gasteiger partial charge in [0.05, 0.1) is 25.5 Å². The number of pyridine rings is 1. The van der Waals surface area contributed by atoms with Crippen molar-refractivity contribution < 1.29 is 14.3 Å². The second-order valence-corrected chi connectivity index (χ2v) is 9.42. The van der Waals surface area contributed by atoms with E-state index in [1.807, 2.05) is 72.5 Å². The molecule has 1 atom stereocenters. The minimum absolute atomic E-state index is 0.0881. The van der Waals surface area contributed by atoms with Gasteiger partial charge in [-0.25, -0.2) is 0 Å². The average molecular weight is 490 g/mol. The summed E-state index contributed by atoms with van der Waals surface area (Å²) in [6, 6.07) is 19.3.